The monoisotopic (exact) mass is 220 g/mol. The molecule has 0 saturated heterocycles. The fourth-order valence-electron chi connectivity index (χ4n) is 1.70. The van der Waals surface area contributed by atoms with Gasteiger partial charge < -0.3 is 15.3 Å². The van der Waals surface area contributed by atoms with Gasteiger partial charge in [0, 0.05) is 11.0 Å². The Bertz CT molecular complexity index is 197. The maximum Gasteiger partial charge on any atom is 0.307 e. The first-order valence-electron chi connectivity index (χ1n) is 4.78. The topological polar surface area (TPSA) is 77.8 Å². The standard InChI is InChI=1S/C9H16O4S/c10-4-6(11)5-14-8-3-1-2-7(8)9(12)13/h6-8,10-11H,1-5H2,(H,12,13). The third-order valence-electron chi connectivity index (χ3n) is 2.48. The van der Waals surface area contributed by atoms with Crippen LogP contribution < -0.4 is 0 Å². The number of aliphatic hydroxyl groups is 2. The molecule has 0 aromatic rings. The zero-order valence-corrected chi connectivity index (χ0v) is 8.74. The molecule has 82 valence electrons. The molecule has 0 bridgehead atoms. The number of carbonyl (C=O) groups is 1. The van der Waals surface area contributed by atoms with Gasteiger partial charge in [0.1, 0.15) is 0 Å². The summed E-state index contributed by atoms with van der Waals surface area (Å²) in [6.07, 6.45) is 1.86. The van der Waals surface area contributed by atoms with Gasteiger partial charge in [-0.1, -0.05) is 6.42 Å². The summed E-state index contributed by atoms with van der Waals surface area (Å²) < 4.78 is 0. The first-order chi connectivity index (χ1) is 6.65. The number of carboxylic acid groups (broad SMARTS) is 1. The molecule has 4 nitrogen and oxygen atoms in total. The van der Waals surface area contributed by atoms with Crippen LogP contribution >= 0.6 is 11.8 Å². The Morgan fingerprint density at radius 3 is 2.79 bits per heavy atom. The zero-order valence-electron chi connectivity index (χ0n) is 7.93. The third kappa shape index (κ3) is 3.15. The molecular weight excluding hydrogens is 204 g/mol. The van der Waals surface area contributed by atoms with Crippen molar-refractivity contribution in [1.82, 2.24) is 0 Å². The molecule has 0 heterocycles. The second-order valence-corrected chi connectivity index (χ2v) is 4.86. The van der Waals surface area contributed by atoms with E-state index in [0.717, 1.165) is 19.3 Å². The summed E-state index contributed by atoms with van der Waals surface area (Å²) in [7, 11) is 0. The van der Waals surface area contributed by atoms with E-state index in [2.05, 4.69) is 0 Å². The van der Waals surface area contributed by atoms with Crippen LogP contribution in [0.5, 0.6) is 0 Å². The SMILES string of the molecule is O=C(O)C1CCCC1SCC(O)CO. The summed E-state index contributed by atoms with van der Waals surface area (Å²) >= 11 is 1.46. The highest BCUT2D eigenvalue weighted by Gasteiger charge is 2.33. The van der Waals surface area contributed by atoms with Gasteiger partial charge in [-0.25, -0.2) is 0 Å². The molecule has 3 atom stereocenters. The van der Waals surface area contributed by atoms with Gasteiger partial charge in [-0.05, 0) is 12.8 Å². The lowest BCUT2D eigenvalue weighted by Crippen LogP contribution is -2.23. The number of carboxylic acids is 1. The largest absolute Gasteiger partial charge is 0.481 e. The molecule has 3 unspecified atom stereocenters. The molecule has 1 aliphatic rings. The van der Waals surface area contributed by atoms with Crippen LogP contribution in [-0.2, 0) is 4.79 Å². The van der Waals surface area contributed by atoms with E-state index in [1.807, 2.05) is 0 Å². The first kappa shape index (κ1) is 11.8. The predicted molar refractivity (Wildman–Crippen MR) is 54.3 cm³/mol. The average molecular weight is 220 g/mol. The van der Waals surface area contributed by atoms with Gasteiger partial charge in [0.05, 0.1) is 18.6 Å². The van der Waals surface area contributed by atoms with Crippen molar-refractivity contribution in [3.05, 3.63) is 0 Å². The Morgan fingerprint density at radius 1 is 1.50 bits per heavy atom. The maximum atomic E-state index is 10.8. The van der Waals surface area contributed by atoms with Gasteiger partial charge in [0.25, 0.3) is 0 Å². The Morgan fingerprint density at radius 2 is 2.21 bits per heavy atom. The van der Waals surface area contributed by atoms with E-state index in [0.29, 0.717) is 5.75 Å². The highest BCUT2D eigenvalue weighted by molar-refractivity contribution is 8.00. The Kier molecular flexibility index (Phi) is 4.71. The second-order valence-electron chi connectivity index (χ2n) is 3.58. The summed E-state index contributed by atoms with van der Waals surface area (Å²) in [5, 5.41) is 26.7. The van der Waals surface area contributed by atoms with Crippen molar-refractivity contribution >= 4 is 17.7 Å². The van der Waals surface area contributed by atoms with Crippen LogP contribution in [0.15, 0.2) is 0 Å². The molecule has 0 aromatic heterocycles. The van der Waals surface area contributed by atoms with Gasteiger partial charge in [0.2, 0.25) is 0 Å². The van der Waals surface area contributed by atoms with E-state index >= 15 is 0 Å². The van der Waals surface area contributed by atoms with E-state index in [-0.39, 0.29) is 17.8 Å². The quantitative estimate of drug-likeness (QED) is 0.622. The highest BCUT2D eigenvalue weighted by atomic mass is 32.2. The van der Waals surface area contributed by atoms with Crippen LogP contribution in [0.3, 0.4) is 0 Å². The minimum Gasteiger partial charge on any atom is -0.481 e. The second kappa shape index (κ2) is 5.58. The van der Waals surface area contributed by atoms with Gasteiger partial charge in [0.15, 0.2) is 0 Å². The van der Waals surface area contributed by atoms with Crippen LogP contribution in [0.1, 0.15) is 19.3 Å². The van der Waals surface area contributed by atoms with E-state index < -0.39 is 12.1 Å². The Labute approximate surface area is 87.3 Å². The molecule has 3 N–H and O–H groups in total. The molecule has 1 aliphatic carbocycles. The number of aliphatic carboxylic acids is 1. The fourth-order valence-corrected chi connectivity index (χ4v) is 3.09. The van der Waals surface area contributed by atoms with Crippen molar-refractivity contribution in [2.24, 2.45) is 5.92 Å². The summed E-state index contributed by atoms with van der Waals surface area (Å²) in [6.45, 7) is -0.253. The maximum absolute atomic E-state index is 10.8. The van der Waals surface area contributed by atoms with Gasteiger partial charge >= 0.3 is 5.97 Å². The first-order valence-corrected chi connectivity index (χ1v) is 5.83. The van der Waals surface area contributed by atoms with Crippen LogP contribution in [0.25, 0.3) is 0 Å². The Balaban J connectivity index is 2.32. The van der Waals surface area contributed by atoms with E-state index in [1.54, 1.807) is 0 Å². The number of aliphatic hydroxyl groups excluding tert-OH is 2. The number of hydrogen-bond donors (Lipinski definition) is 3. The average Bonchev–Trinajstić information content (AvgIpc) is 2.62. The van der Waals surface area contributed by atoms with E-state index in [1.165, 1.54) is 11.8 Å². The van der Waals surface area contributed by atoms with Crippen LogP contribution in [0.4, 0.5) is 0 Å². The fraction of sp³-hybridized carbons (Fsp3) is 0.889. The van der Waals surface area contributed by atoms with Gasteiger partial charge in [-0.3, -0.25) is 4.79 Å². The smallest absolute Gasteiger partial charge is 0.307 e. The molecule has 1 saturated carbocycles. The normalized spacial score (nSPS) is 29.0. The lowest BCUT2D eigenvalue weighted by atomic mass is 10.1. The molecule has 5 heteroatoms. The van der Waals surface area contributed by atoms with Crippen molar-refractivity contribution < 1.29 is 20.1 Å². The molecule has 1 rings (SSSR count). The lowest BCUT2D eigenvalue weighted by molar-refractivity contribution is -0.141. The zero-order chi connectivity index (χ0) is 10.6. The summed E-state index contributed by atoms with van der Waals surface area (Å²) in [5.41, 5.74) is 0. The third-order valence-corrected chi connectivity index (χ3v) is 4.05. The van der Waals surface area contributed by atoms with Crippen LogP contribution in [0, 0.1) is 5.92 Å². The molecule has 14 heavy (non-hydrogen) atoms. The molecule has 0 aromatic carbocycles. The van der Waals surface area contributed by atoms with Crippen LogP contribution in [0.2, 0.25) is 0 Å². The van der Waals surface area contributed by atoms with Crippen molar-refractivity contribution in [1.29, 1.82) is 0 Å². The molecule has 1 fully saturated rings. The minimum absolute atomic E-state index is 0.105. The van der Waals surface area contributed by atoms with Crippen molar-refractivity contribution in [2.45, 2.75) is 30.6 Å². The van der Waals surface area contributed by atoms with Crippen LogP contribution in [-0.4, -0.2) is 45.0 Å². The minimum atomic E-state index is -0.738. The number of thioether (sulfide) groups is 1. The lowest BCUT2D eigenvalue weighted by Gasteiger charge is -2.16. The molecule has 0 amide bonds. The number of hydrogen-bond acceptors (Lipinski definition) is 4. The summed E-state index contributed by atoms with van der Waals surface area (Å²) in [6, 6.07) is 0. The number of rotatable bonds is 5. The van der Waals surface area contributed by atoms with Crippen molar-refractivity contribution in [3.8, 4) is 0 Å². The molecule has 0 radical (unpaired) electrons. The van der Waals surface area contributed by atoms with E-state index in [9.17, 15) is 4.79 Å². The molecule has 0 aliphatic heterocycles. The highest BCUT2D eigenvalue weighted by Crippen LogP contribution is 2.35. The molecule has 0 spiro atoms. The van der Waals surface area contributed by atoms with Crippen molar-refractivity contribution in [2.75, 3.05) is 12.4 Å². The Hall–Kier alpha value is -0.260. The predicted octanol–water partition coefficient (Wildman–Crippen LogP) is 0.326. The van der Waals surface area contributed by atoms with Gasteiger partial charge in [-0.2, -0.15) is 11.8 Å². The molecular formula is C9H16O4S. The van der Waals surface area contributed by atoms with Crippen molar-refractivity contribution in [3.63, 3.8) is 0 Å². The van der Waals surface area contributed by atoms with E-state index in [4.69, 9.17) is 15.3 Å². The summed E-state index contributed by atoms with van der Waals surface area (Å²) in [5.74, 6) is -0.588. The summed E-state index contributed by atoms with van der Waals surface area (Å²) in [4.78, 5) is 10.8. The van der Waals surface area contributed by atoms with Gasteiger partial charge in [-0.15, -0.1) is 0 Å².